The standard InChI is InChI=1S/C7H10O3S/c1-3-10-5(8)7(2)4-11-6(7)9/h3-4H2,1-2H3. The second-order valence-electron chi connectivity index (χ2n) is 2.63. The minimum atomic E-state index is -0.847. The Balaban J connectivity index is 2.58. The van der Waals surface area contributed by atoms with E-state index in [1.807, 2.05) is 0 Å². The average molecular weight is 174 g/mol. The Labute approximate surface area is 69.5 Å². The molecule has 62 valence electrons. The minimum absolute atomic E-state index is 0.0732. The Kier molecular flexibility index (Phi) is 2.23. The Hall–Kier alpha value is -0.510. The molecule has 0 N–H and O–H groups in total. The number of rotatable bonds is 2. The zero-order chi connectivity index (χ0) is 8.48. The first-order valence-corrected chi connectivity index (χ1v) is 4.44. The summed E-state index contributed by atoms with van der Waals surface area (Å²) < 4.78 is 4.75. The van der Waals surface area contributed by atoms with Crippen molar-refractivity contribution in [2.24, 2.45) is 5.41 Å². The van der Waals surface area contributed by atoms with E-state index in [4.69, 9.17) is 4.74 Å². The van der Waals surface area contributed by atoms with E-state index in [0.29, 0.717) is 12.4 Å². The van der Waals surface area contributed by atoms with E-state index in [9.17, 15) is 9.59 Å². The van der Waals surface area contributed by atoms with Crippen molar-refractivity contribution in [3.05, 3.63) is 0 Å². The van der Waals surface area contributed by atoms with Crippen LogP contribution in [0.2, 0.25) is 0 Å². The van der Waals surface area contributed by atoms with Gasteiger partial charge in [0.15, 0.2) is 0 Å². The molecule has 1 unspecified atom stereocenters. The fraction of sp³-hybridized carbons (Fsp3) is 0.714. The van der Waals surface area contributed by atoms with E-state index >= 15 is 0 Å². The van der Waals surface area contributed by atoms with E-state index in [-0.39, 0.29) is 11.1 Å². The van der Waals surface area contributed by atoms with Crippen LogP contribution in [0.3, 0.4) is 0 Å². The van der Waals surface area contributed by atoms with Crippen LogP contribution in [0.15, 0.2) is 0 Å². The number of hydrogen-bond donors (Lipinski definition) is 0. The molecule has 0 spiro atoms. The topological polar surface area (TPSA) is 43.4 Å². The molecular formula is C7H10O3S. The largest absolute Gasteiger partial charge is 0.465 e. The van der Waals surface area contributed by atoms with Crippen molar-refractivity contribution in [1.82, 2.24) is 0 Å². The van der Waals surface area contributed by atoms with Gasteiger partial charge in [-0.05, 0) is 13.8 Å². The van der Waals surface area contributed by atoms with Crippen LogP contribution in [0.25, 0.3) is 0 Å². The third-order valence-electron chi connectivity index (χ3n) is 1.67. The summed E-state index contributed by atoms with van der Waals surface area (Å²) in [6, 6.07) is 0. The fourth-order valence-electron chi connectivity index (χ4n) is 0.780. The van der Waals surface area contributed by atoms with E-state index in [1.165, 1.54) is 11.8 Å². The zero-order valence-electron chi connectivity index (χ0n) is 6.55. The molecule has 3 nitrogen and oxygen atoms in total. The van der Waals surface area contributed by atoms with Gasteiger partial charge in [-0.15, -0.1) is 0 Å². The number of hydrogen-bond acceptors (Lipinski definition) is 4. The second kappa shape index (κ2) is 2.85. The molecule has 0 aromatic rings. The Morgan fingerprint density at radius 2 is 2.45 bits per heavy atom. The molecule has 11 heavy (non-hydrogen) atoms. The summed E-state index contributed by atoms with van der Waals surface area (Å²) in [4.78, 5) is 22.0. The Morgan fingerprint density at radius 1 is 1.82 bits per heavy atom. The number of carbonyl (C=O) groups is 2. The molecule has 0 aromatic heterocycles. The van der Waals surface area contributed by atoms with Crippen LogP contribution >= 0.6 is 11.8 Å². The highest BCUT2D eigenvalue weighted by Gasteiger charge is 2.50. The first-order valence-electron chi connectivity index (χ1n) is 3.45. The van der Waals surface area contributed by atoms with Crippen molar-refractivity contribution >= 4 is 22.8 Å². The van der Waals surface area contributed by atoms with Crippen LogP contribution < -0.4 is 0 Å². The van der Waals surface area contributed by atoms with Gasteiger partial charge in [-0.25, -0.2) is 0 Å². The highest BCUT2D eigenvalue weighted by atomic mass is 32.2. The smallest absolute Gasteiger partial charge is 0.321 e. The predicted molar refractivity (Wildman–Crippen MR) is 42.2 cm³/mol. The molecule has 0 amide bonds. The van der Waals surface area contributed by atoms with Crippen molar-refractivity contribution in [2.45, 2.75) is 13.8 Å². The highest BCUT2D eigenvalue weighted by molar-refractivity contribution is 8.16. The normalized spacial score (nSPS) is 29.5. The van der Waals surface area contributed by atoms with E-state index < -0.39 is 5.41 Å². The maximum Gasteiger partial charge on any atom is 0.321 e. The second-order valence-corrected chi connectivity index (χ2v) is 3.58. The van der Waals surface area contributed by atoms with Crippen LogP contribution in [-0.2, 0) is 14.3 Å². The van der Waals surface area contributed by atoms with Crippen LogP contribution in [0.5, 0.6) is 0 Å². The van der Waals surface area contributed by atoms with Gasteiger partial charge in [0.05, 0.1) is 6.61 Å². The summed E-state index contributed by atoms with van der Waals surface area (Å²) in [6.45, 7) is 3.70. The molecule has 0 bridgehead atoms. The van der Waals surface area contributed by atoms with Crippen molar-refractivity contribution in [2.75, 3.05) is 12.4 Å². The lowest BCUT2D eigenvalue weighted by atomic mass is 9.94. The summed E-state index contributed by atoms with van der Waals surface area (Å²) in [7, 11) is 0. The van der Waals surface area contributed by atoms with Crippen LogP contribution in [0, 0.1) is 5.41 Å². The van der Waals surface area contributed by atoms with Crippen LogP contribution in [-0.4, -0.2) is 23.4 Å². The highest BCUT2D eigenvalue weighted by Crippen LogP contribution is 2.40. The van der Waals surface area contributed by atoms with E-state index in [0.717, 1.165) is 0 Å². The molecule has 1 heterocycles. The molecule has 1 fully saturated rings. The van der Waals surface area contributed by atoms with Gasteiger partial charge in [0, 0.05) is 5.75 Å². The van der Waals surface area contributed by atoms with Gasteiger partial charge in [-0.1, -0.05) is 11.8 Å². The summed E-state index contributed by atoms with van der Waals surface area (Å²) in [5, 5.41) is -0.0732. The average Bonchev–Trinajstić information content (AvgIpc) is 2.01. The Bertz CT molecular complexity index is 202. The van der Waals surface area contributed by atoms with E-state index in [1.54, 1.807) is 13.8 Å². The van der Waals surface area contributed by atoms with Gasteiger partial charge in [0.1, 0.15) is 5.41 Å². The first kappa shape index (κ1) is 8.59. The molecule has 1 aliphatic rings. The quantitative estimate of drug-likeness (QED) is 0.459. The lowest BCUT2D eigenvalue weighted by Crippen LogP contribution is -2.46. The molecular weight excluding hydrogens is 164 g/mol. The monoisotopic (exact) mass is 174 g/mol. The summed E-state index contributed by atoms with van der Waals surface area (Å²) in [6.07, 6.45) is 0. The van der Waals surface area contributed by atoms with Crippen molar-refractivity contribution in [3.63, 3.8) is 0 Å². The lowest BCUT2D eigenvalue weighted by Gasteiger charge is -2.32. The van der Waals surface area contributed by atoms with Crippen molar-refractivity contribution in [3.8, 4) is 0 Å². The van der Waals surface area contributed by atoms with Crippen molar-refractivity contribution < 1.29 is 14.3 Å². The molecule has 1 saturated heterocycles. The summed E-state index contributed by atoms with van der Waals surface area (Å²) in [5.74, 6) is 0.175. The van der Waals surface area contributed by atoms with Gasteiger partial charge >= 0.3 is 5.97 Å². The molecule has 0 aromatic carbocycles. The van der Waals surface area contributed by atoms with Crippen molar-refractivity contribution in [1.29, 1.82) is 0 Å². The summed E-state index contributed by atoms with van der Waals surface area (Å²) in [5.41, 5.74) is -0.847. The number of carbonyl (C=O) groups excluding carboxylic acids is 2. The SMILES string of the molecule is CCOC(=O)C1(C)CSC1=O. The van der Waals surface area contributed by atoms with Gasteiger partial charge in [-0.2, -0.15) is 0 Å². The predicted octanol–water partition coefficient (Wildman–Crippen LogP) is 0.829. The minimum Gasteiger partial charge on any atom is -0.465 e. The third kappa shape index (κ3) is 1.27. The third-order valence-corrected chi connectivity index (χ3v) is 3.10. The number of ether oxygens (including phenoxy) is 1. The van der Waals surface area contributed by atoms with Gasteiger partial charge in [0.2, 0.25) is 5.12 Å². The summed E-state index contributed by atoms with van der Waals surface area (Å²) >= 11 is 1.18. The number of thioether (sulfide) groups is 1. The number of esters is 1. The lowest BCUT2D eigenvalue weighted by molar-refractivity contribution is -0.156. The van der Waals surface area contributed by atoms with Gasteiger partial charge in [-0.3, -0.25) is 9.59 Å². The molecule has 0 saturated carbocycles. The molecule has 1 atom stereocenters. The first-order chi connectivity index (χ1) is 5.11. The van der Waals surface area contributed by atoms with E-state index in [2.05, 4.69) is 0 Å². The molecule has 0 aliphatic carbocycles. The maximum absolute atomic E-state index is 11.1. The van der Waals surface area contributed by atoms with Crippen LogP contribution in [0.4, 0.5) is 0 Å². The Morgan fingerprint density at radius 3 is 2.73 bits per heavy atom. The zero-order valence-corrected chi connectivity index (χ0v) is 7.36. The molecule has 1 rings (SSSR count). The molecule has 1 aliphatic heterocycles. The maximum atomic E-state index is 11.1. The fourth-order valence-corrected chi connectivity index (χ4v) is 1.68. The van der Waals surface area contributed by atoms with Gasteiger partial charge in [0.25, 0.3) is 0 Å². The molecule has 0 radical (unpaired) electrons. The molecule has 4 heteroatoms. The van der Waals surface area contributed by atoms with Gasteiger partial charge < -0.3 is 4.74 Å². The van der Waals surface area contributed by atoms with Crippen LogP contribution in [0.1, 0.15) is 13.8 Å².